The van der Waals surface area contributed by atoms with Crippen molar-refractivity contribution in [1.29, 1.82) is 0 Å². The van der Waals surface area contributed by atoms with Gasteiger partial charge in [0.15, 0.2) is 0 Å². The Labute approximate surface area is 99.1 Å². The van der Waals surface area contributed by atoms with Gasteiger partial charge in [-0.05, 0) is 12.1 Å². The van der Waals surface area contributed by atoms with Gasteiger partial charge >= 0.3 is 5.97 Å². The van der Waals surface area contributed by atoms with E-state index >= 15 is 0 Å². The van der Waals surface area contributed by atoms with Gasteiger partial charge in [0.25, 0.3) is 0 Å². The van der Waals surface area contributed by atoms with Crippen molar-refractivity contribution in [3.05, 3.63) is 48.0 Å². The molecule has 0 aliphatic rings. The molecule has 0 aliphatic heterocycles. The second kappa shape index (κ2) is 4.65. The number of aromatic nitrogens is 1. The molecule has 0 radical (unpaired) electrons. The molecule has 0 saturated heterocycles. The van der Waals surface area contributed by atoms with Crippen LogP contribution in [-0.4, -0.2) is 18.1 Å². The number of ether oxygens (including phenoxy) is 1. The number of carbonyl (C=O) groups excluding carboxylic acids is 1. The van der Waals surface area contributed by atoms with E-state index in [0.717, 1.165) is 5.56 Å². The number of nitrogens with two attached hydrogens (primary N) is 1. The zero-order chi connectivity index (χ0) is 12.3. The number of rotatable bonds is 2. The van der Waals surface area contributed by atoms with Crippen LogP contribution in [0, 0.1) is 0 Å². The molecule has 2 rings (SSSR count). The second-order valence-electron chi connectivity index (χ2n) is 3.49. The number of esters is 1. The molecule has 1 heterocycles. The monoisotopic (exact) mass is 228 g/mol. The molecule has 0 unspecified atom stereocenters. The third-order valence-electron chi connectivity index (χ3n) is 2.37. The minimum Gasteiger partial charge on any atom is -0.465 e. The van der Waals surface area contributed by atoms with Gasteiger partial charge in [-0.25, -0.2) is 9.78 Å². The summed E-state index contributed by atoms with van der Waals surface area (Å²) in [6, 6.07) is 12.6. The molecule has 4 heteroatoms. The Kier molecular flexibility index (Phi) is 3.05. The zero-order valence-electron chi connectivity index (χ0n) is 9.38. The quantitative estimate of drug-likeness (QED) is 0.799. The van der Waals surface area contributed by atoms with Crippen molar-refractivity contribution in [1.82, 2.24) is 4.98 Å². The number of carbonyl (C=O) groups is 1. The van der Waals surface area contributed by atoms with E-state index in [2.05, 4.69) is 4.98 Å². The summed E-state index contributed by atoms with van der Waals surface area (Å²) in [5.41, 5.74) is 7.43. The van der Waals surface area contributed by atoms with Crippen LogP contribution in [0.1, 0.15) is 10.4 Å². The summed E-state index contributed by atoms with van der Waals surface area (Å²) in [7, 11) is 1.34. The van der Waals surface area contributed by atoms with Gasteiger partial charge in [-0.2, -0.15) is 0 Å². The SMILES string of the molecule is COC(=O)c1ccc(N)nc1-c1ccccc1. The molecule has 0 amide bonds. The molecule has 0 aliphatic carbocycles. The fourth-order valence-electron chi connectivity index (χ4n) is 1.56. The standard InChI is InChI=1S/C13H12N2O2/c1-17-13(16)10-7-8-11(14)15-12(10)9-5-3-2-4-6-9/h2-8H,1H3,(H2,14,15). The third kappa shape index (κ3) is 2.25. The number of hydrogen-bond donors (Lipinski definition) is 1. The Hall–Kier alpha value is -2.36. The largest absolute Gasteiger partial charge is 0.465 e. The summed E-state index contributed by atoms with van der Waals surface area (Å²) in [4.78, 5) is 15.8. The van der Waals surface area contributed by atoms with Gasteiger partial charge in [0.05, 0.1) is 18.4 Å². The summed E-state index contributed by atoms with van der Waals surface area (Å²) in [6.45, 7) is 0. The van der Waals surface area contributed by atoms with Gasteiger partial charge in [0.2, 0.25) is 0 Å². The minimum absolute atomic E-state index is 0.372. The Morgan fingerprint density at radius 1 is 1.18 bits per heavy atom. The Morgan fingerprint density at radius 2 is 1.88 bits per heavy atom. The fraction of sp³-hybridized carbons (Fsp3) is 0.0769. The number of nitrogens with zero attached hydrogens (tertiary/aromatic N) is 1. The van der Waals surface area contributed by atoms with Crippen LogP contribution in [0.3, 0.4) is 0 Å². The average molecular weight is 228 g/mol. The molecule has 4 nitrogen and oxygen atoms in total. The third-order valence-corrected chi connectivity index (χ3v) is 2.37. The summed E-state index contributed by atoms with van der Waals surface area (Å²) in [5.74, 6) is -0.0483. The zero-order valence-corrected chi connectivity index (χ0v) is 9.38. The van der Waals surface area contributed by atoms with Crippen molar-refractivity contribution >= 4 is 11.8 Å². The number of pyridine rings is 1. The number of hydrogen-bond acceptors (Lipinski definition) is 4. The van der Waals surface area contributed by atoms with Gasteiger partial charge in [0.1, 0.15) is 5.82 Å². The first-order valence-electron chi connectivity index (χ1n) is 5.12. The summed E-state index contributed by atoms with van der Waals surface area (Å²) < 4.78 is 4.72. The number of methoxy groups -OCH3 is 1. The highest BCUT2D eigenvalue weighted by Gasteiger charge is 2.14. The normalized spacial score (nSPS) is 9.94. The lowest BCUT2D eigenvalue weighted by atomic mass is 10.1. The van der Waals surface area contributed by atoms with E-state index in [-0.39, 0.29) is 0 Å². The van der Waals surface area contributed by atoms with Gasteiger partial charge < -0.3 is 10.5 Å². The van der Waals surface area contributed by atoms with E-state index < -0.39 is 5.97 Å². The van der Waals surface area contributed by atoms with Gasteiger partial charge in [-0.15, -0.1) is 0 Å². The molecular formula is C13H12N2O2. The number of benzene rings is 1. The second-order valence-corrected chi connectivity index (χ2v) is 3.49. The fourth-order valence-corrected chi connectivity index (χ4v) is 1.56. The first-order valence-corrected chi connectivity index (χ1v) is 5.12. The molecule has 0 fully saturated rings. The molecule has 86 valence electrons. The minimum atomic E-state index is -0.420. The van der Waals surface area contributed by atoms with E-state index in [9.17, 15) is 4.79 Å². The lowest BCUT2D eigenvalue weighted by Gasteiger charge is -2.07. The van der Waals surface area contributed by atoms with Crippen molar-refractivity contribution in [3.63, 3.8) is 0 Å². The van der Waals surface area contributed by atoms with E-state index in [1.54, 1.807) is 12.1 Å². The summed E-state index contributed by atoms with van der Waals surface area (Å²) in [5, 5.41) is 0. The molecule has 1 aromatic heterocycles. The highest BCUT2D eigenvalue weighted by Crippen LogP contribution is 2.23. The highest BCUT2D eigenvalue weighted by molar-refractivity contribution is 5.96. The lowest BCUT2D eigenvalue weighted by Crippen LogP contribution is -2.06. The van der Waals surface area contributed by atoms with E-state index in [1.165, 1.54) is 7.11 Å². The molecule has 1 aromatic carbocycles. The average Bonchev–Trinajstić information content (AvgIpc) is 2.39. The van der Waals surface area contributed by atoms with Gasteiger partial charge in [-0.1, -0.05) is 30.3 Å². The maximum Gasteiger partial charge on any atom is 0.340 e. The molecule has 17 heavy (non-hydrogen) atoms. The smallest absolute Gasteiger partial charge is 0.340 e. The van der Waals surface area contributed by atoms with Crippen LogP contribution in [0.15, 0.2) is 42.5 Å². The van der Waals surface area contributed by atoms with E-state index in [4.69, 9.17) is 10.5 Å². The van der Waals surface area contributed by atoms with Crippen molar-refractivity contribution in [2.75, 3.05) is 12.8 Å². The van der Waals surface area contributed by atoms with Crippen molar-refractivity contribution in [3.8, 4) is 11.3 Å². The summed E-state index contributed by atoms with van der Waals surface area (Å²) in [6.07, 6.45) is 0. The molecule has 2 aromatic rings. The molecule has 0 bridgehead atoms. The number of nitrogen functional groups attached to an aromatic ring is 1. The Bertz CT molecular complexity index is 538. The molecule has 2 N–H and O–H groups in total. The van der Waals surface area contributed by atoms with Crippen LogP contribution < -0.4 is 5.73 Å². The van der Waals surface area contributed by atoms with Crippen LogP contribution in [-0.2, 0) is 4.74 Å². The molecule has 0 saturated carbocycles. The van der Waals surface area contributed by atoms with Gasteiger partial charge in [0, 0.05) is 5.56 Å². The number of anilines is 1. The van der Waals surface area contributed by atoms with Crippen molar-refractivity contribution in [2.45, 2.75) is 0 Å². The summed E-state index contributed by atoms with van der Waals surface area (Å²) >= 11 is 0. The first-order chi connectivity index (χ1) is 8.22. The maximum atomic E-state index is 11.6. The molecular weight excluding hydrogens is 216 g/mol. The van der Waals surface area contributed by atoms with Crippen LogP contribution in [0.25, 0.3) is 11.3 Å². The van der Waals surface area contributed by atoms with Crippen LogP contribution in [0.5, 0.6) is 0 Å². The van der Waals surface area contributed by atoms with Crippen molar-refractivity contribution < 1.29 is 9.53 Å². The highest BCUT2D eigenvalue weighted by atomic mass is 16.5. The van der Waals surface area contributed by atoms with E-state index in [0.29, 0.717) is 17.1 Å². The topological polar surface area (TPSA) is 65.2 Å². The lowest BCUT2D eigenvalue weighted by molar-refractivity contribution is 0.0601. The van der Waals surface area contributed by atoms with E-state index in [1.807, 2.05) is 30.3 Å². The molecule has 0 atom stereocenters. The van der Waals surface area contributed by atoms with Crippen molar-refractivity contribution in [2.24, 2.45) is 0 Å². The Morgan fingerprint density at radius 3 is 2.53 bits per heavy atom. The Balaban J connectivity index is 2.59. The molecule has 0 spiro atoms. The van der Waals surface area contributed by atoms with Gasteiger partial charge in [-0.3, -0.25) is 0 Å². The van der Waals surface area contributed by atoms with Crippen LogP contribution in [0.2, 0.25) is 0 Å². The predicted molar refractivity (Wildman–Crippen MR) is 65.4 cm³/mol. The maximum absolute atomic E-state index is 11.6. The van der Waals surface area contributed by atoms with Crippen LogP contribution >= 0.6 is 0 Å². The first kappa shape index (κ1) is 11.1. The predicted octanol–water partition coefficient (Wildman–Crippen LogP) is 2.12. The van der Waals surface area contributed by atoms with Crippen LogP contribution in [0.4, 0.5) is 5.82 Å².